The van der Waals surface area contributed by atoms with Crippen molar-refractivity contribution in [1.29, 1.82) is 5.26 Å². The van der Waals surface area contributed by atoms with E-state index < -0.39 is 6.09 Å². The first-order valence-electron chi connectivity index (χ1n) is 6.80. The predicted molar refractivity (Wildman–Crippen MR) is 99.5 cm³/mol. The van der Waals surface area contributed by atoms with E-state index in [1.165, 1.54) is 36.8 Å². The number of halogens is 1. The Morgan fingerprint density at radius 2 is 2.36 bits per heavy atom. The Morgan fingerprint density at radius 1 is 1.52 bits per heavy atom. The lowest BCUT2D eigenvalue weighted by Crippen LogP contribution is -2.11. The maximum absolute atomic E-state index is 11.2. The summed E-state index contributed by atoms with van der Waals surface area (Å²) in [6, 6.07) is 3.78. The van der Waals surface area contributed by atoms with Gasteiger partial charge in [-0.1, -0.05) is 35.1 Å². The molecule has 1 amide bonds. The first kappa shape index (κ1) is 17.4. The maximum atomic E-state index is 11.2. The van der Waals surface area contributed by atoms with E-state index in [9.17, 15) is 10.1 Å². The van der Waals surface area contributed by atoms with Gasteiger partial charge in [0.1, 0.15) is 11.8 Å². The number of nitrogens with one attached hydrogen (secondary N) is 1. The molecule has 126 valence electrons. The van der Waals surface area contributed by atoms with Gasteiger partial charge in [-0.3, -0.25) is 14.9 Å². The number of amides is 1. The largest absolute Gasteiger partial charge is 0.453 e. The second-order valence-corrected chi connectivity index (χ2v) is 7.19. The van der Waals surface area contributed by atoms with Crippen LogP contribution in [0.5, 0.6) is 0 Å². The summed E-state index contributed by atoms with van der Waals surface area (Å²) in [6.45, 7) is 0. The highest BCUT2D eigenvalue weighted by Crippen LogP contribution is 2.51. The van der Waals surface area contributed by atoms with Crippen LogP contribution in [0.2, 0.25) is 5.02 Å². The van der Waals surface area contributed by atoms with Gasteiger partial charge in [0, 0.05) is 17.3 Å². The summed E-state index contributed by atoms with van der Waals surface area (Å²) >= 11 is 9.11. The van der Waals surface area contributed by atoms with Gasteiger partial charge in [0.25, 0.3) is 0 Å². The number of carbonyl (C=O) groups excluding carboxylic acids is 1. The number of carbonyl (C=O) groups is 1. The van der Waals surface area contributed by atoms with E-state index >= 15 is 0 Å². The smallest absolute Gasteiger partial charge is 0.411 e. The molecule has 0 spiro atoms. The van der Waals surface area contributed by atoms with Crippen molar-refractivity contribution < 1.29 is 9.53 Å². The van der Waals surface area contributed by atoms with Crippen LogP contribution in [0.25, 0.3) is 10.6 Å². The third kappa shape index (κ3) is 3.82. The fourth-order valence-electron chi connectivity index (χ4n) is 1.92. The molecule has 0 aromatic carbocycles. The molecule has 0 aliphatic carbocycles. The standard InChI is InChI=1S/C15H10ClN5O2S2/c1-23-15(22)20-9-4-10(16)13(19-6-9)12-7-24-14(25-12)11(5-17)21-3-2-18-8-21/h2-4,6-8H,1H3,(H,20,22)/b14-11+. The number of imidazole rings is 1. The quantitative estimate of drug-likeness (QED) is 0.782. The van der Waals surface area contributed by atoms with Gasteiger partial charge < -0.3 is 4.74 Å². The zero-order valence-corrected chi connectivity index (χ0v) is 15.2. The van der Waals surface area contributed by atoms with Crippen molar-refractivity contribution in [3.05, 3.63) is 51.3 Å². The Hall–Kier alpha value is -2.41. The SMILES string of the molecule is COC(=O)Nc1cnc(C2=CS/C(=C(/C#N)n3ccnc3)S2)c(Cl)c1. The molecular formula is C15H10ClN5O2S2. The number of rotatable bonds is 3. The monoisotopic (exact) mass is 391 g/mol. The van der Waals surface area contributed by atoms with Crippen LogP contribution in [-0.2, 0) is 4.74 Å². The van der Waals surface area contributed by atoms with Crippen molar-refractivity contribution in [1.82, 2.24) is 14.5 Å². The summed E-state index contributed by atoms with van der Waals surface area (Å²) in [6.07, 6.45) is 5.79. The molecule has 1 aliphatic heterocycles. The number of methoxy groups -OCH3 is 1. The van der Waals surface area contributed by atoms with Gasteiger partial charge in [-0.25, -0.2) is 9.78 Å². The number of thioether (sulfide) groups is 2. The lowest BCUT2D eigenvalue weighted by Gasteiger charge is -2.08. The highest BCUT2D eigenvalue weighted by Gasteiger charge is 2.22. The van der Waals surface area contributed by atoms with E-state index in [0.29, 0.717) is 22.1 Å². The zero-order chi connectivity index (χ0) is 17.8. The number of nitrogens with zero attached hydrogens (tertiary/aromatic N) is 4. The second-order valence-electron chi connectivity index (χ2n) is 4.59. The Balaban J connectivity index is 1.83. The molecule has 0 radical (unpaired) electrons. The summed E-state index contributed by atoms with van der Waals surface area (Å²) in [5.41, 5.74) is 1.50. The fraction of sp³-hybridized carbons (Fsp3) is 0.0667. The Kier molecular flexibility index (Phi) is 5.33. The molecule has 0 bridgehead atoms. The summed E-state index contributed by atoms with van der Waals surface area (Å²) in [4.78, 5) is 20.3. The number of hydrogen-bond donors (Lipinski definition) is 1. The lowest BCUT2D eigenvalue weighted by atomic mass is 10.3. The van der Waals surface area contributed by atoms with Crippen LogP contribution in [0, 0.1) is 11.3 Å². The molecule has 10 heteroatoms. The average Bonchev–Trinajstić information content (AvgIpc) is 3.28. The van der Waals surface area contributed by atoms with E-state index in [4.69, 9.17) is 11.6 Å². The molecule has 0 fully saturated rings. The molecule has 2 aromatic rings. The zero-order valence-electron chi connectivity index (χ0n) is 12.8. The highest BCUT2D eigenvalue weighted by atomic mass is 35.5. The molecule has 0 saturated carbocycles. The van der Waals surface area contributed by atoms with Gasteiger partial charge >= 0.3 is 6.09 Å². The van der Waals surface area contributed by atoms with Crippen molar-refractivity contribution in [2.24, 2.45) is 0 Å². The number of ether oxygens (including phenoxy) is 1. The number of anilines is 1. The molecule has 3 rings (SSSR count). The highest BCUT2D eigenvalue weighted by molar-refractivity contribution is 8.31. The van der Waals surface area contributed by atoms with Crippen LogP contribution in [0.4, 0.5) is 10.5 Å². The Morgan fingerprint density at radius 3 is 3.00 bits per heavy atom. The van der Waals surface area contributed by atoms with Crippen LogP contribution in [-0.4, -0.2) is 27.7 Å². The predicted octanol–water partition coefficient (Wildman–Crippen LogP) is 4.24. The van der Waals surface area contributed by atoms with Gasteiger partial charge in [-0.05, 0) is 11.5 Å². The van der Waals surface area contributed by atoms with E-state index in [1.54, 1.807) is 29.4 Å². The Labute approximate surface area is 156 Å². The Bertz CT molecular complexity index is 918. The number of pyridine rings is 1. The van der Waals surface area contributed by atoms with Gasteiger partial charge in [-0.15, -0.1) is 0 Å². The number of aromatic nitrogens is 3. The van der Waals surface area contributed by atoms with E-state index in [0.717, 1.165) is 9.14 Å². The molecule has 2 aromatic heterocycles. The molecule has 0 saturated heterocycles. The molecular weight excluding hydrogens is 382 g/mol. The molecule has 25 heavy (non-hydrogen) atoms. The molecule has 0 unspecified atom stereocenters. The van der Waals surface area contributed by atoms with Crippen molar-refractivity contribution in [2.75, 3.05) is 12.4 Å². The summed E-state index contributed by atoms with van der Waals surface area (Å²) in [5.74, 6) is 0. The minimum absolute atomic E-state index is 0.385. The number of nitriles is 1. The van der Waals surface area contributed by atoms with E-state index in [2.05, 4.69) is 26.1 Å². The first-order chi connectivity index (χ1) is 12.1. The lowest BCUT2D eigenvalue weighted by molar-refractivity contribution is 0.187. The molecule has 0 atom stereocenters. The summed E-state index contributed by atoms with van der Waals surface area (Å²) < 4.78 is 7.00. The second kappa shape index (κ2) is 7.65. The normalized spacial score (nSPS) is 15.3. The van der Waals surface area contributed by atoms with E-state index in [1.807, 2.05) is 5.41 Å². The molecule has 3 heterocycles. The van der Waals surface area contributed by atoms with Crippen molar-refractivity contribution in [2.45, 2.75) is 0 Å². The average molecular weight is 392 g/mol. The summed E-state index contributed by atoms with van der Waals surface area (Å²) in [7, 11) is 1.27. The molecule has 1 aliphatic rings. The minimum Gasteiger partial charge on any atom is -0.453 e. The van der Waals surface area contributed by atoms with Gasteiger partial charge in [0.05, 0.1) is 40.3 Å². The van der Waals surface area contributed by atoms with Crippen LogP contribution in [0.3, 0.4) is 0 Å². The van der Waals surface area contributed by atoms with Crippen molar-refractivity contribution in [3.8, 4) is 6.07 Å². The van der Waals surface area contributed by atoms with Crippen LogP contribution < -0.4 is 5.32 Å². The first-order valence-corrected chi connectivity index (χ1v) is 8.88. The maximum Gasteiger partial charge on any atom is 0.411 e. The van der Waals surface area contributed by atoms with Gasteiger partial charge in [0.15, 0.2) is 0 Å². The molecule has 7 nitrogen and oxygen atoms in total. The van der Waals surface area contributed by atoms with Crippen molar-refractivity contribution >= 4 is 57.5 Å². The van der Waals surface area contributed by atoms with Crippen molar-refractivity contribution in [3.63, 3.8) is 0 Å². The van der Waals surface area contributed by atoms with Gasteiger partial charge in [0.2, 0.25) is 0 Å². The van der Waals surface area contributed by atoms with Crippen LogP contribution >= 0.6 is 35.1 Å². The minimum atomic E-state index is -0.597. The number of hydrogen-bond acceptors (Lipinski definition) is 7. The third-order valence-electron chi connectivity index (χ3n) is 3.04. The molecule has 1 N–H and O–H groups in total. The summed E-state index contributed by atoms with van der Waals surface area (Å²) in [5, 5.41) is 14.2. The van der Waals surface area contributed by atoms with Crippen LogP contribution in [0.1, 0.15) is 5.69 Å². The number of allylic oxidation sites excluding steroid dienone is 1. The third-order valence-corrected chi connectivity index (χ3v) is 5.69. The topological polar surface area (TPSA) is 92.8 Å². The fourth-order valence-corrected chi connectivity index (χ4v) is 4.48. The van der Waals surface area contributed by atoms with E-state index in [-0.39, 0.29) is 0 Å². The van der Waals surface area contributed by atoms with Gasteiger partial charge in [-0.2, -0.15) is 5.26 Å². The van der Waals surface area contributed by atoms with Crippen LogP contribution in [0.15, 0.2) is 40.6 Å².